The summed E-state index contributed by atoms with van der Waals surface area (Å²) in [5, 5.41) is 12.2. The van der Waals surface area contributed by atoms with Gasteiger partial charge in [0.05, 0.1) is 16.8 Å². The molecule has 0 spiro atoms. The third-order valence-electron chi connectivity index (χ3n) is 2.54. The highest BCUT2D eigenvalue weighted by atomic mass is 35.5. The average Bonchev–Trinajstić information content (AvgIpc) is 3.02. The Morgan fingerprint density at radius 2 is 2.37 bits per heavy atom. The summed E-state index contributed by atoms with van der Waals surface area (Å²) in [6.07, 6.45) is 1.71. The summed E-state index contributed by atoms with van der Waals surface area (Å²) in [5.74, 6) is 0. The van der Waals surface area contributed by atoms with Crippen molar-refractivity contribution in [2.24, 2.45) is 0 Å². The molecule has 3 rings (SSSR count). The predicted molar refractivity (Wildman–Crippen MR) is 79.6 cm³/mol. The summed E-state index contributed by atoms with van der Waals surface area (Å²) in [7, 11) is 0. The second kappa shape index (κ2) is 5.13. The number of anilines is 1. The lowest BCUT2D eigenvalue weighted by Crippen LogP contribution is -1.87. The lowest BCUT2D eigenvalue weighted by atomic mass is 10.2. The Morgan fingerprint density at radius 1 is 1.47 bits per heavy atom. The van der Waals surface area contributed by atoms with E-state index in [9.17, 15) is 0 Å². The predicted octanol–water partition coefficient (Wildman–Crippen LogP) is 4.27. The van der Waals surface area contributed by atoms with Crippen molar-refractivity contribution in [3.05, 3.63) is 40.5 Å². The summed E-state index contributed by atoms with van der Waals surface area (Å²) in [5.41, 5.74) is 2.46. The largest absolute Gasteiger partial charge is 0.358 e. The molecule has 0 bridgehead atoms. The molecule has 19 heavy (non-hydrogen) atoms. The van der Waals surface area contributed by atoms with Crippen LogP contribution in [0.5, 0.6) is 0 Å². The Hall–Kier alpha value is -1.68. The minimum Gasteiger partial charge on any atom is -0.358 e. The van der Waals surface area contributed by atoms with Gasteiger partial charge in [-0.25, -0.2) is 4.98 Å². The van der Waals surface area contributed by atoms with Crippen LogP contribution in [0.2, 0.25) is 5.15 Å². The Kier molecular flexibility index (Phi) is 3.34. The molecule has 3 aromatic rings. The van der Waals surface area contributed by atoms with E-state index in [1.54, 1.807) is 11.6 Å². The van der Waals surface area contributed by atoms with Crippen molar-refractivity contribution in [2.75, 3.05) is 4.72 Å². The molecule has 2 N–H and O–H groups in total. The van der Waals surface area contributed by atoms with Gasteiger partial charge >= 0.3 is 0 Å². The lowest BCUT2D eigenvalue weighted by molar-refractivity contribution is 1.25. The zero-order valence-electron chi connectivity index (χ0n) is 9.48. The number of halogens is 1. The van der Waals surface area contributed by atoms with E-state index < -0.39 is 0 Å². The van der Waals surface area contributed by atoms with Gasteiger partial charge in [0.2, 0.25) is 0 Å². The van der Waals surface area contributed by atoms with E-state index in [0.29, 0.717) is 10.7 Å². The molecule has 2 heterocycles. The first kappa shape index (κ1) is 12.4. The first-order chi connectivity index (χ1) is 9.28. The van der Waals surface area contributed by atoms with Crippen molar-refractivity contribution in [3.63, 3.8) is 0 Å². The fraction of sp³-hybridized carbons (Fsp3) is 0. The van der Waals surface area contributed by atoms with Crippen LogP contribution in [-0.4, -0.2) is 9.97 Å². The van der Waals surface area contributed by atoms with E-state index >= 15 is 0 Å². The minimum absolute atomic E-state index is 0.499. The van der Waals surface area contributed by atoms with Crippen LogP contribution in [0, 0.1) is 11.3 Å². The van der Waals surface area contributed by atoms with Crippen LogP contribution >= 0.6 is 34.9 Å². The number of hydrogen-bond acceptors (Lipinski definition) is 5. The molecule has 0 atom stereocenters. The standard InChI is InChI=1S/C12H7ClN4S2/c13-10-6-18-12(16-10)19-17-9-3-1-2-8-7(4-14)5-15-11(8)9/h1-3,5-6,15,17H. The molecule has 7 heteroatoms. The third kappa shape index (κ3) is 2.40. The first-order valence-corrected chi connectivity index (χ1v) is 7.39. The van der Waals surface area contributed by atoms with Gasteiger partial charge in [0, 0.05) is 28.9 Å². The number of nitriles is 1. The van der Waals surface area contributed by atoms with Gasteiger partial charge in [-0.1, -0.05) is 23.7 Å². The van der Waals surface area contributed by atoms with Crippen molar-refractivity contribution >= 4 is 51.5 Å². The summed E-state index contributed by atoms with van der Waals surface area (Å²) in [6, 6.07) is 7.94. The fourth-order valence-electron chi connectivity index (χ4n) is 1.72. The van der Waals surface area contributed by atoms with Gasteiger partial charge in [-0.05, 0) is 6.07 Å². The van der Waals surface area contributed by atoms with Crippen LogP contribution in [0.25, 0.3) is 10.9 Å². The molecule has 1 aromatic carbocycles. The molecular weight excluding hydrogens is 300 g/mol. The highest BCUT2D eigenvalue weighted by Crippen LogP contribution is 2.30. The second-order valence-corrected chi connectivity index (χ2v) is 5.98. The number of nitrogens with zero attached hydrogens (tertiary/aromatic N) is 2. The van der Waals surface area contributed by atoms with Gasteiger partial charge in [0.1, 0.15) is 11.2 Å². The summed E-state index contributed by atoms with van der Waals surface area (Å²) >= 11 is 8.65. The Morgan fingerprint density at radius 3 is 3.11 bits per heavy atom. The van der Waals surface area contributed by atoms with Crippen LogP contribution < -0.4 is 4.72 Å². The molecule has 0 amide bonds. The number of aromatic nitrogens is 2. The second-order valence-electron chi connectivity index (χ2n) is 3.68. The zero-order chi connectivity index (χ0) is 13.2. The minimum atomic E-state index is 0.499. The van der Waals surface area contributed by atoms with Gasteiger partial charge in [-0.2, -0.15) is 5.26 Å². The number of benzene rings is 1. The van der Waals surface area contributed by atoms with Crippen molar-refractivity contribution in [1.29, 1.82) is 5.26 Å². The molecule has 0 aliphatic carbocycles. The maximum atomic E-state index is 9.01. The Bertz CT molecular complexity index is 771. The number of fused-ring (bicyclic) bond motifs is 1. The molecule has 4 nitrogen and oxygen atoms in total. The van der Waals surface area contributed by atoms with Gasteiger partial charge in [-0.3, -0.25) is 0 Å². The van der Waals surface area contributed by atoms with Crippen LogP contribution in [0.15, 0.2) is 34.1 Å². The molecule has 2 aromatic heterocycles. The van der Waals surface area contributed by atoms with E-state index in [4.69, 9.17) is 16.9 Å². The summed E-state index contributed by atoms with van der Waals surface area (Å²) in [6.45, 7) is 0. The molecule has 0 fully saturated rings. The zero-order valence-corrected chi connectivity index (χ0v) is 11.9. The van der Waals surface area contributed by atoms with E-state index in [-0.39, 0.29) is 0 Å². The highest BCUT2D eigenvalue weighted by Gasteiger charge is 2.08. The lowest BCUT2D eigenvalue weighted by Gasteiger charge is -2.04. The monoisotopic (exact) mass is 306 g/mol. The summed E-state index contributed by atoms with van der Waals surface area (Å²) in [4.78, 5) is 7.26. The Labute approximate surface area is 122 Å². The molecule has 0 aliphatic rings. The first-order valence-electron chi connectivity index (χ1n) is 5.32. The maximum Gasteiger partial charge on any atom is 0.172 e. The number of hydrogen-bond donors (Lipinski definition) is 2. The number of rotatable bonds is 3. The van der Waals surface area contributed by atoms with Gasteiger partial charge in [0.25, 0.3) is 0 Å². The van der Waals surface area contributed by atoms with Crippen LogP contribution in [0.1, 0.15) is 5.56 Å². The number of H-pyrrole nitrogens is 1. The molecule has 0 unspecified atom stereocenters. The van der Waals surface area contributed by atoms with E-state index in [1.807, 2.05) is 18.2 Å². The van der Waals surface area contributed by atoms with E-state index in [0.717, 1.165) is 20.9 Å². The van der Waals surface area contributed by atoms with E-state index in [1.165, 1.54) is 23.3 Å². The maximum absolute atomic E-state index is 9.01. The quantitative estimate of drug-likeness (QED) is 0.709. The number of para-hydroxylation sites is 1. The van der Waals surface area contributed by atoms with Gasteiger partial charge < -0.3 is 9.71 Å². The summed E-state index contributed by atoms with van der Waals surface area (Å²) < 4.78 is 4.06. The third-order valence-corrected chi connectivity index (χ3v) is 4.62. The number of aromatic amines is 1. The molecular formula is C12H7ClN4S2. The van der Waals surface area contributed by atoms with Gasteiger partial charge in [0.15, 0.2) is 4.34 Å². The average molecular weight is 307 g/mol. The molecule has 0 saturated carbocycles. The SMILES string of the molecule is N#Cc1c[nH]c2c(NSc3nc(Cl)cs3)cccc12. The van der Waals surface area contributed by atoms with Crippen LogP contribution in [-0.2, 0) is 0 Å². The molecule has 0 aliphatic heterocycles. The van der Waals surface area contributed by atoms with Gasteiger partial charge in [-0.15, -0.1) is 11.3 Å². The number of nitrogens with one attached hydrogen (secondary N) is 2. The van der Waals surface area contributed by atoms with Crippen molar-refractivity contribution in [2.45, 2.75) is 4.34 Å². The smallest absolute Gasteiger partial charge is 0.172 e. The molecule has 94 valence electrons. The number of thiazole rings is 1. The molecule has 0 saturated heterocycles. The van der Waals surface area contributed by atoms with Crippen molar-refractivity contribution in [1.82, 2.24) is 9.97 Å². The van der Waals surface area contributed by atoms with Crippen molar-refractivity contribution in [3.8, 4) is 6.07 Å². The van der Waals surface area contributed by atoms with Crippen molar-refractivity contribution < 1.29 is 0 Å². The molecule has 0 radical (unpaired) electrons. The highest BCUT2D eigenvalue weighted by molar-refractivity contribution is 8.02. The Balaban J connectivity index is 1.89. The van der Waals surface area contributed by atoms with E-state index in [2.05, 4.69) is 20.8 Å². The topological polar surface area (TPSA) is 64.5 Å². The normalized spacial score (nSPS) is 10.5. The van der Waals surface area contributed by atoms with Crippen LogP contribution in [0.4, 0.5) is 5.69 Å². The van der Waals surface area contributed by atoms with Crippen LogP contribution in [0.3, 0.4) is 0 Å². The fourth-order valence-corrected chi connectivity index (χ4v) is 3.41.